The maximum absolute atomic E-state index is 13.5. The molecule has 152 valence electrons. The highest BCUT2D eigenvalue weighted by molar-refractivity contribution is 5.94. The van der Waals surface area contributed by atoms with E-state index >= 15 is 0 Å². The lowest BCUT2D eigenvalue weighted by Crippen LogP contribution is -2.42. The number of benzene rings is 1. The van der Waals surface area contributed by atoms with Crippen molar-refractivity contribution in [3.63, 3.8) is 0 Å². The maximum atomic E-state index is 13.5. The Morgan fingerprint density at radius 1 is 1.11 bits per heavy atom. The molecular weight excluding hydrogens is 359 g/mol. The molecule has 8 heteroatoms. The lowest BCUT2D eigenvalue weighted by Gasteiger charge is -2.13. The number of hydrogen-bond acceptors (Lipinski definition) is 3. The molecule has 0 bridgehead atoms. The summed E-state index contributed by atoms with van der Waals surface area (Å²) >= 11 is 0. The molecule has 0 radical (unpaired) electrons. The standard InChI is InChI=1S/C20H29FN6O/c1-14-6-7-17(13-18(14)21)19(28)23-9-10-25-20(22-4)24-8-5-11-27-16(3)12-15(2)26-27/h6-7,12-13H,5,8-11H2,1-4H3,(H,23,28)(H2,22,24,25). The number of halogens is 1. The Kier molecular flexibility index (Phi) is 7.98. The van der Waals surface area contributed by atoms with Gasteiger partial charge in [0.05, 0.1) is 5.69 Å². The Morgan fingerprint density at radius 2 is 1.82 bits per heavy atom. The molecule has 2 aromatic rings. The van der Waals surface area contributed by atoms with Crippen molar-refractivity contribution in [3.8, 4) is 0 Å². The van der Waals surface area contributed by atoms with Crippen LogP contribution in [0.5, 0.6) is 0 Å². The summed E-state index contributed by atoms with van der Waals surface area (Å²) in [4.78, 5) is 16.2. The first-order chi connectivity index (χ1) is 13.4. The molecule has 1 aromatic carbocycles. The van der Waals surface area contributed by atoms with Crippen molar-refractivity contribution in [1.82, 2.24) is 25.7 Å². The fourth-order valence-corrected chi connectivity index (χ4v) is 2.75. The zero-order valence-electron chi connectivity index (χ0n) is 17.0. The molecule has 0 fully saturated rings. The molecule has 2 rings (SSSR count). The molecule has 0 aliphatic rings. The molecule has 0 saturated heterocycles. The third kappa shape index (κ3) is 6.37. The van der Waals surface area contributed by atoms with Gasteiger partial charge in [0.1, 0.15) is 5.82 Å². The molecule has 0 saturated carbocycles. The van der Waals surface area contributed by atoms with Gasteiger partial charge in [-0.2, -0.15) is 5.10 Å². The summed E-state index contributed by atoms with van der Waals surface area (Å²) in [7, 11) is 1.70. The second-order valence-electron chi connectivity index (χ2n) is 6.65. The van der Waals surface area contributed by atoms with Crippen molar-refractivity contribution in [3.05, 3.63) is 52.6 Å². The van der Waals surface area contributed by atoms with Crippen molar-refractivity contribution >= 4 is 11.9 Å². The Balaban J connectivity index is 1.64. The van der Waals surface area contributed by atoms with E-state index in [0.717, 1.165) is 30.9 Å². The first-order valence-electron chi connectivity index (χ1n) is 9.40. The molecule has 28 heavy (non-hydrogen) atoms. The van der Waals surface area contributed by atoms with E-state index in [1.807, 2.05) is 18.5 Å². The van der Waals surface area contributed by atoms with Crippen molar-refractivity contribution in [2.75, 3.05) is 26.7 Å². The molecule has 3 N–H and O–H groups in total. The number of nitrogens with one attached hydrogen (secondary N) is 3. The zero-order valence-corrected chi connectivity index (χ0v) is 17.0. The molecule has 7 nitrogen and oxygen atoms in total. The minimum absolute atomic E-state index is 0.298. The van der Waals surface area contributed by atoms with Crippen LogP contribution in [0.2, 0.25) is 0 Å². The zero-order chi connectivity index (χ0) is 20.5. The van der Waals surface area contributed by atoms with Gasteiger partial charge in [0, 0.05) is 44.5 Å². The van der Waals surface area contributed by atoms with Crippen molar-refractivity contribution in [2.24, 2.45) is 4.99 Å². The van der Waals surface area contributed by atoms with Crippen LogP contribution in [0.25, 0.3) is 0 Å². The lowest BCUT2D eigenvalue weighted by atomic mass is 10.1. The first-order valence-corrected chi connectivity index (χ1v) is 9.40. The summed E-state index contributed by atoms with van der Waals surface area (Å²) in [6.45, 7) is 8.21. The molecule has 0 atom stereocenters. The van der Waals surface area contributed by atoms with E-state index in [2.05, 4.69) is 32.1 Å². The third-order valence-electron chi connectivity index (χ3n) is 4.30. The largest absolute Gasteiger partial charge is 0.356 e. The summed E-state index contributed by atoms with van der Waals surface area (Å²) < 4.78 is 15.5. The predicted molar refractivity (Wildman–Crippen MR) is 109 cm³/mol. The Hall–Kier alpha value is -2.90. The Morgan fingerprint density at radius 3 is 2.46 bits per heavy atom. The van der Waals surface area contributed by atoms with Gasteiger partial charge in [-0.05, 0) is 51.0 Å². The van der Waals surface area contributed by atoms with Gasteiger partial charge in [0.2, 0.25) is 0 Å². The smallest absolute Gasteiger partial charge is 0.251 e. The number of carbonyl (C=O) groups is 1. The first kappa shape index (κ1) is 21.4. The summed E-state index contributed by atoms with van der Waals surface area (Å²) in [5.41, 5.74) is 3.02. The number of amides is 1. The molecule has 1 amide bonds. The van der Waals surface area contributed by atoms with Gasteiger partial charge < -0.3 is 16.0 Å². The third-order valence-corrected chi connectivity index (χ3v) is 4.30. The van der Waals surface area contributed by atoms with Gasteiger partial charge in [0.25, 0.3) is 5.91 Å². The average molecular weight is 388 g/mol. The topological polar surface area (TPSA) is 83.3 Å². The van der Waals surface area contributed by atoms with E-state index in [1.165, 1.54) is 6.07 Å². The number of nitrogens with zero attached hydrogens (tertiary/aromatic N) is 3. The molecule has 0 aliphatic heterocycles. The molecule has 0 spiro atoms. The number of aliphatic imine (C=N–C) groups is 1. The monoisotopic (exact) mass is 388 g/mol. The maximum Gasteiger partial charge on any atom is 0.251 e. The Bertz CT molecular complexity index is 830. The van der Waals surface area contributed by atoms with Crippen LogP contribution in [0.1, 0.15) is 33.7 Å². The highest BCUT2D eigenvalue weighted by Gasteiger charge is 2.07. The van der Waals surface area contributed by atoms with Crippen LogP contribution in [0.15, 0.2) is 29.3 Å². The fourth-order valence-electron chi connectivity index (χ4n) is 2.75. The van der Waals surface area contributed by atoms with E-state index in [9.17, 15) is 9.18 Å². The van der Waals surface area contributed by atoms with Crippen LogP contribution >= 0.6 is 0 Å². The normalized spacial score (nSPS) is 11.4. The quantitative estimate of drug-likeness (QED) is 0.367. The van der Waals surface area contributed by atoms with Gasteiger partial charge in [-0.25, -0.2) is 4.39 Å². The van der Waals surface area contributed by atoms with E-state index in [0.29, 0.717) is 30.2 Å². The molecule has 1 heterocycles. The highest BCUT2D eigenvalue weighted by Crippen LogP contribution is 2.08. The van der Waals surface area contributed by atoms with Crippen LogP contribution in [0.3, 0.4) is 0 Å². The summed E-state index contributed by atoms with van der Waals surface area (Å²) in [6, 6.07) is 6.53. The molecule has 0 unspecified atom stereocenters. The van der Waals surface area contributed by atoms with Gasteiger partial charge >= 0.3 is 0 Å². The average Bonchev–Trinajstić information content (AvgIpc) is 2.99. The number of aromatic nitrogens is 2. The van der Waals surface area contributed by atoms with Crippen molar-refractivity contribution < 1.29 is 9.18 Å². The predicted octanol–water partition coefficient (Wildman–Crippen LogP) is 1.93. The van der Waals surface area contributed by atoms with Crippen molar-refractivity contribution in [1.29, 1.82) is 0 Å². The molecular formula is C20H29FN6O. The minimum atomic E-state index is -0.379. The minimum Gasteiger partial charge on any atom is -0.356 e. The van der Waals surface area contributed by atoms with Gasteiger partial charge in [0.15, 0.2) is 5.96 Å². The van der Waals surface area contributed by atoms with E-state index in [4.69, 9.17) is 0 Å². The van der Waals surface area contributed by atoms with Crippen LogP contribution in [-0.4, -0.2) is 48.3 Å². The van der Waals surface area contributed by atoms with E-state index in [-0.39, 0.29) is 11.7 Å². The highest BCUT2D eigenvalue weighted by atomic mass is 19.1. The van der Waals surface area contributed by atoms with Gasteiger partial charge in [-0.3, -0.25) is 14.5 Å². The fraction of sp³-hybridized carbons (Fsp3) is 0.450. The number of hydrogen-bond donors (Lipinski definition) is 3. The van der Waals surface area contributed by atoms with E-state index < -0.39 is 0 Å². The van der Waals surface area contributed by atoms with Crippen LogP contribution in [0, 0.1) is 26.6 Å². The summed E-state index contributed by atoms with van der Waals surface area (Å²) in [5, 5.41) is 13.6. The summed E-state index contributed by atoms with van der Waals surface area (Å²) in [6.07, 6.45) is 0.915. The number of guanidine groups is 1. The van der Waals surface area contributed by atoms with Gasteiger partial charge in [-0.15, -0.1) is 0 Å². The number of rotatable bonds is 8. The SMILES string of the molecule is CN=C(NCCCn1nc(C)cc1C)NCCNC(=O)c1ccc(C)c(F)c1. The van der Waals surface area contributed by atoms with Crippen LogP contribution < -0.4 is 16.0 Å². The second kappa shape index (κ2) is 10.4. The van der Waals surface area contributed by atoms with Crippen LogP contribution in [-0.2, 0) is 6.54 Å². The number of aryl methyl sites for hydroxylation is 4. The van der Waals surface area contributed by atoms with Crippen LogP contribution in [0.4, 0.5) is 4.39 Å². The Labute approximate surface area is 165 Å². The number of carbonyl (C=O) groups excluding carboxylic acids is 1. The molecule has 0 aliphatic carbocycles. The van der Waals surface area contributed by atoms with Crippen molar-refractivity contribution in [2.45, 2.75) is 33.7 Å². The van der Waals surface area contributed by atoms with E-state index in [1.54, 1.807) is 26.1 Å². The molecule has 1 aromatic heterocycles. The summed E-state index contributed by atoms with van der Waals surface area (Å²) in [5.74, 6) is -0.00614. The van der Waals surface area contributed by atoms with Gasteiger partial charge in [-0.1, -0.05) is 6.07 Å². The lowest BCUT2D eigenvalue weighted by molar-refractivity contribution is 0.0954. The second-order valence-corrected chi connectivity index (χ2v) is 6.65.